The Bertz CT molecular complexity index is 701. The van der Waals surface area contributed by atoms with E-state index >= 15 is 0 Å². The van der Waals surface area contributed by atoms with Crippen molar-refractivity contribution in [2.75, 3.05) is 33.2 Å². The van der Waals surface area contributed by atoms with Crippen molar-refractivity contribution in [3.63, 3.8) is 0 Å². The molecule has 0 saturated carbocycles. The summed E-state index contributed by atoms with van der Waals surface area (Å²) in [4.78, 5) is 25.7. The van der Waals surface area contributed by atoms with Crippen molar-refractivity contribution in [1.29, 1.82) is 0 Å². The second-order valence-electron chi connectivity index (χ2n) is 11.6. The SMILES string of the molecule is C=C1CN(C)C[C@]1(C)CC(=O)OC(C)(C)C.C=C1CNC[C@]1(C)CC(=O)OC(C)(C)C. The molecule has 2 rings (SSSR count). The van der Waals surface area contributed by atoms with E-state index in [-0.39, 0.29) is 22.8 Å². The molecule has 2 fully saturated rings. The molecule has 0 aromatic carbocycles. The number of hydrogen-bond donors (Lipinski definition) is 1. The fraction of sp³-hybridized carbons (Fsp3) is 0.760. The largest absolute Gasteiger partial charge is 0.460 e. The van der Waals surface area contributed by atoms with Gasteiger partial charge in [0.25, 0.3) is 0 Å². The average molecular weight is 437 g/mol. The molecule has 0 unspecified atom stereocenters. The fourth-order valence-electron chi connectivity index (χ4n) is 3.87. The molecular formula is C25H44N2O4. The molecule has 0 aliphatic carbocycles. The first kappa shape index (κ1) is 27.4. The van der Waals surface area contributed by atoms with Crippen LogP contribution < -0.4 is 5.32 Å². The Kier molecular flexibility index (Phi) is 8.71. The van der Waals surface area contributed by atoms with E-state index in [1.54, 1.807) is 0 Å². The Hall–Kier alpha value is -1.66. The van der Waals surface area contributed by atoms with Gasteiger partial charge in [-0.15, -0.1) is 0 Å². The quantitative estimate of drug-likeness (QED) is 0.528. The Morgan fingerprint density at radius 2 is 1.39 bits per heavy atom. The molecule has 0 spiro atoms. The van der Waals surface area contributed by atoms with Crippen molar-refractivity contribution in [1.82, 2.24) is 10.2 Å². The van der Waals surface area contributed by atoms with Crippen LogP contribution in [0, 0.1) is 10.8 Å². The van der Waals surface area contributed by atoms with Crippen LogP contribution in [0.15, 0.2) is 24.3 Å². The number of nitrogens with one attached hydrogen (secondary N) is 1. The van der Waals surface area contributed by atoms with E-state index in [0.717, 1.165) is 37.3 Å². The van der Waals surface area contributed by atoms with Crippen molar-refractivity contribution in [2.24, 2.45) is 10.8 Å². The number of likely N-dealkylation sites (tertiary alicyclic amines) is 1. The van der Waals surface area contributed by atoms with Crippen LogP contribution in [-0.4, -0.2) is 61.3 Å². The Labute approximate surface area is 189 Å². The molecule has 6 nitrogen and oxygen atoms in total. The highest BCUT2D eigenvalue weighted by molar-refractivity contribution is 5.72. The topological polar surface area (TPSA) is 67.9 Å². The summed E-state index contributed by atoms with van der Waals surface area (Å²) in [6.07, 6.45) is 0.837. The van der Waals surface area contributed by atoms with E-state index in [4.69, 9.17) is 9.47 Å². The van der Waals surface area contributed by atoms with Crippen LogP contribution in [0.3, 0.4) is 0 Å². The molecular weight excluding hydrogens is 392 g/mol. The van der Waals surface area contributed by atoms with E-state index in [2.05, 4.69) is 37.2 Å². The Balaban J connectivity index is 0.000000311. The van der Waals surface area contributed by atoms with E-state index in [9.17, 15) is 9.59 Å². The first-order valence-corrected chi connectivity index (χ1v) is 11.0. The van der Waals surface area contributed by atoms with Crippen molar-refractivity contribution in [3.05, 3.63) is 24.3 Å². The van der Waals surface area contributed by atoms with Crippen LogP contribution in [0.1, 0.15) is 68.2 Å². The predicted octanol–water partition coefficient (Wildman–Crippen LogP) is 4.11. The molecule has 2 heterocycles. The third-order valence-corrected chi connectivity index (χ3v) is 5.55. The highest BCUT2D eigenvalue weighted by atomic mass is 16.6. The lowest BCUT2D eigenvalue weighted by Crippen LogP contribution is -2.30. The van der Waals surface area contributed by atoms with Gasteiger partial charge in [-0.2, -0.15) is 0 Å². The van der Waals surface area contributed by atoms with Gasteiger partial charge in [-0.3, -0.25) is 9.59 Å². The zero-order chi connectivity index (χ0) is 24.3. The van der Waals surface area contributed by atoms with E-state index in [1.807, 2.05) is 48.6 Å². The molecule has 1 N–H and O–H groups in total. The second-order valence-corrected chi connectivity index (χ2v) is 11.6. The first-order chi connectivity index (χ1) is 13.9. The van der Waals surface area contributed by atoms with Gasteiger partial charge in [-0.05, 0) is 48.6 Å². The Morgan fingerprint density at radius 1 is 0.935 bits per heavy atom. The van der Waals surface area contributed by atoms with Crippen molar-refractivity contribution in [2.45, 2.75) is 79.4 Å². The van der Waals surface area contributed by atoms with Gasteiger partial charge in [-0.25, -0.2) is 0 Å². The minimum atomic E-state index is -0.403. The highest BCUT2D eigenvalue weighted by Gasteiger charge is 2.38. The van der Waals surface area contributed by atoms with E-state index in [0.29, 0.717) is 12.8 Å². The van der Waals surface area contributed by atoms with Gasteiger partial charge in [0.05, 0.1) is 12.8 Å². The van der Waals surface area contributed by atoms with Crippen LogP contribution in [0.4, 0.5) is 0 Å². The van der Waals surface area contributed by atoms with Crippen molar-refractivity contribution >= 4 is 11.9 Å². The number of hydrogen-bond acceptors (Lipinski definition) is 6. The number of carbonyl (C=O) groups is 2. The van der Waals surface area contributed by atoms with Crippen LogP contribution in [0.5, 0.6) is 0 Å². The van der Waals surface area contributed by atoms with Gasteiger partial charge in [-0.1, -0.05) is 38.2 Å². The minimum Gasteiger partial charge on any atom is -0.460 e. The number of rotatable bonds is 4. The molecule has 2 atom stereocenters. The zero-order valence-electron chi connectivity index (χ0n) is 21.2. The van der Waals surface area contributed by atoms with Gasteiger partial charge in [0, 0.05) is 37.0 Å². The van der Waals surface area contributed by atoms with Gasteiger partial charge in [0.1, 0.15) is 11.2 Å². The molecule has 2 saturated heterocycles. The maximum atomic E-state index is 11.8. The minimum absolute atomic E-state index is 0.128. The van der Waals surface area contributed by atoms with Gasteiger partial charge in [0.15, 0.2) is 0 Å². The summed E-state index contributed by atoms with van der Waals surface area (Å²) in [6.45, 7) is 26.9. The zero-order valence-corrected chi connectivity index (χ0v) is 21.2. The van der Waals surface area contributed by atoms with Crippen LogP contribution >= 0.6 is 0 Å². The molecule has 178 valence electrons. The Morgan fingerprint density at radius 3 is 1.71 bits per heavy atom. The molecule has 2 aliphatic heterocycles. The normalized spacial score (nSPS) is 27.0. The standard InChI is InChI=1S/C13H23NO2.C12H21NO2/c1-10-8-14(6)9-13(10,5)7-11(15)16-12(2,3)4;1-9-7-13-8-12(9,5)6-10(14)15-11(2,3)4/h1,7-9H2,2-6H3;13H,1,6-8H2,2-5H3/t13-;12-/m00/s1. The van der Waals surface area contributed by atoms with Crippen LogP contribution in [0.25, 0.3) is 0 Å². The summed E-state index contributed by atoms with van der Waals surface area (Å²) in [6, 6.07) is 0. The van der Waals surface area contributed by atoms with E-state index in [1.165, 1.54) is 0 Å². The number of carbonyl (C=O) groups excluding carboxylic acids is 2. The summed E-state index contributed by atoms with van der Waals surface area (Å²) in [5, 5.41) is 3.22. The van der Waals surface area contributed by atoms with Crippen LogP contribution in [-0.2, 0) is 19.1 Å². The maximum Gasteiger partial charge on any atom is 0.307 e. The monoisotopic (exact) mass is 436 g/mol. The van der Waals surface area contributed by atoms with Crippen LogP contribution in [0.2, 0.25) is 0 Å². The van der Waals surface area contributed by atoms with E-state index < -0.39 is 11.2 Å². The summed E-state index contributed by atoms with van der Waals surface area (Å²) in [5.74, 6) is -0.277. The first-order valence-electron chi connectivity index (χ1n) is 11.0. The molecule has 0 aromatic heterocycles. The molecule has 0 aromatic rings. The molecule has 0 radical (unpaired) electrons. The van der Waals surface area contributed by atoms with Crippen molar-refractivity contribution < 1.29 is 19.1 Å². The van der Waals surface area contributed by atoms with Gasteiger partial charge < -0.3 is 19.7 Å². The summed E-state index contributed by atoms with van der Waals surface area (Å²) in [7, 11) is 2.05. The molecule has 2 aliphatic rings. The lowest BCUT2D eigenvalue weighted by Gasteiger charge is -2.27. The third-order valence-electron chi connectivity index (χ3n) is 5.55. The smallest absolute Gasteiger partial charge is 0.307 e. The number of esters is 2. The average Bonchev–Trinajstić information content (AvgIpc) is 2.94. The molecule has 0 bridgehead atoms. The lowest BCUT2D eigenvalue weighted by molar-refractivity contribution is -0.158. The van der Waals surface area contributed by atoms with Gasteiger partial charge in [0.2, 0.25) is 0 Å². The molecule has 31 heavy (non-hydrogen) atoms. The van der Waals surface area contributed by atoms with Crippen molar-refractivity contribution in [3.8, 4) is 0 Å². The maximum absolute atomic E-state index is 11.8. The van der Waals surface area contributed by atoms with Gasteiger partial charge >= 0.3 is 11.9 Å². The number of nitrogens with zero attached hydrogens (tertiary/aromatic N) is 1. The summed E-state index contributed by atoms with van der Waals surface area (Å²) in [5.41, 5.74) is 1.15. The molecule has 0 amide bonds. The second kappa shape index (κ2) is 9.86. The lowest BCUT2D eigenvalue weighted by atomic mass is 9.82. The predicted molar refractivity (Wildman–Crippen MR) is 126 cm³/mol. The number of likely N-dealkylation sites (N-methyl/N-ethyl adjacent to an activating group) is 1. The third kappa shape index (κ3) is 9.16. The summed E-state index contributed by atoms with van der Waals surface area (Å²) < 4.78 is 10.7. The number of ether oxygens (including phenoxy) is 2. The fourth-order valence-corrected chi connectivity index (χ4v) is 3.87. The highest BCUT2D eigenvalue weighted by Crippen LogP contribution is 2.37. The molecule has 6 heteroatoms. The summed E-state index contributed by atoms with van der Waals surface area (Å²) >= 11 is 0.